The molecule has 3 aliphatic rings. The van der Waals surface area contributed by atoms with Gasteiger partial charge in [0, 0.05) is 29.8 Å². The zero-order valence-corrected chi connectivity index (χ0v) is 25.1. The van der Waals surface area contributed by atoms with Crippen LogP contribution in [0, 0.1) is 12.7 Å². The zero-order chi connectivity index (χ0) is 30.6. The van der Waals surface area contributed by atoms with Crippen molar-refractivity contribution in [2.75, 3.05) is 19.7 Å². The summed E-state index contributed by atoms with van der Waals surface area (Å²) in [4.78, 5) is 22.5. The van der Waals surface area contributed by atoms with E-state index in [0.29, 0.717) is 46.6 Å². The lowest BCUT2D eigenvalue weighted by Gasteiger charge is -2.33. The molecule has 0 unspecified atom stereocenters. The molecule has 0 spiro atoms. The quantitative estimate of drug-likeness (QED) is 0.247. The minimum absolute atomic E-state index is 0.124. The first-order valence-electron chi connectivity index (χ1n) is 14.7. The Morgan fingerprint density at radius 2 is 1.98 bits per heavy atom. The number of carbonyl (C=O) groups is 1. The second-order valence-corrected chi connectivity index (χ2v) is 12.1. The first-order valence-corrected chi connectivity index (χ1v) is 15.1. The molecule has 1 N–H and O–H groups in total. The second kappa shape index (κ2) is 11.2. The summed E-state index contributed by atoms with van der Waals surface area (Å²) in [5.74, 6) is -0.645. The molecule has 7 rings (SSSR count). The van der Waals surface area contributed by atoms with E-state index in [1.54, 1.807) is 19.1 Å². The minimum atomic E-state index is -1.29. The van der Waals surface area contributed by atoms with E-state index in [4.69, 9.17) is 35.2 Å². The van der Waals surface area contributed by atoms with Crippen LogP contribution in [0.25, 0.3) is 11.5 Å². The summed E-state index contributed by atoms with van der Waals surface area (Å²) >= 11 is 5.97. The van der Waals surface area contributed by atoms with E-state index in [-0.39, 0.29) is 17.9 Å². The number of para-hydroxylation sites is 1. The molecule has 2 fully saturated rings. The maximum atomic E-state index is 14.8. The Bertz CT molecular complexity index is 1730. The van der Waals surface area contributed by atoms with Crippen molar-refractivity contribution in [3.05, 3.63) is 82.0 Å². The van der Waals surface area contributed by atoms with Crippen LogP contribution < -0.4 is 9.47 Å². The fourth-order valence-corrected chi connectivity index (χ4v) is 6.50. The fraction of sp³-hybridized carbons (Fsp3) is 0.406. The highest BCUT2D eigenvalue weighted by atomic mass is 35.5. The molecule has 4 aromatic rings. The Hall–Kier alpha value is -3.93. The van der Waals surface area contributed by atoms with E-state index in [0.717, 1.165) is 56.0 Å². The second-order valence-electron chi connectivity index (χ2n) is 11.7. The number of ether oxygens (including phenoxy) is 3. The number of halogens is 2. The van der Waals surface area contributed by atoms with E-state index in [9.17, 15) is 14.3 Å². The number of benzene rings is 2. The van der Waals surface area contributed by atoms with Crippen LogP contribution in [-0.2, 0) is 23.6 Å². The number of oxazole rings is 1. The number of likely N-dealkylation sites (tertiary alicyclic amines) is 1. The van der Waals surface area contributed by atoms with E-state index in [1.165, 1.54) is 12.3 Å². The van der Waals surface area contributed by atoms with E-state index in [1.807, 2.05) is 19.1 Å². The van der Waals surface area contributed by atoms with Gasteiger partial charge in [-0.1, -0.05) is 23.7 Å². The number of hydrogen-bond acceptors (Lipinski definition) is 8. The van der Waals surface area contributed by atoms with Crippen LogP contribution in [0.5, 0.6) is 11.5 Å². The number of nitrogens with zero attached hydrogens (tertiary/aromatic N) is 4. The van der Waals surface area contributed by atoms with Crippen LogP contribution in [-0.4, -0.2) is 56.3 Å². The average Bonchev–Trinajstić information content (AvgIpc) is 3.67. The number of hydrogen-bond donors (Lipinski definition) is 1. The predicted molar refractivity (Wildman–Crippen MR) is 157 cm³/mol. The Balaban J connectivity index is 1.07. The van der Waals surface area contributed by atoms with Crippen molar-refractivity contribution < 1.29 is 32.9 Å². The van der Waals surface area contributed by atoms with E-state index >= 15 is 0 Å². The zero-order valence-electron chi connectivity index (χ0n) is 24.4. The average molecular weight is 623 g/mol. The van der Waals surface area contributed by atoms with Crippen LogP contribution in [0.2, 0.25) is 5.02 Å². The maximum absolute atomic E-state index is 14.8. The Morgan fingerprint density at radius 3 is 2.66 bits per heavy atom. The van der Waals surface area contributed by atoms with Crippen LogP contribution in [0.15, 0.2) is 47.0 Å². The Labute approximate surface area is 258 Å². The highest BCUT2D eigenvalue weighted by Crippen LogP contribution is 2.50. The number of carboxylic acids is 1. The van der Waals surface area contributed by atoms with Crippen molar-refractivity contribution in [1.82, 2.24) is 19.4 Å². The molecule has 10 nitrogen and oxygen atoms in total. The largest absolute Gasteiger partial charge is 0.474 e. The van der Waals surface area contributed by atoms with Crippen LogP contribution in [0.4, 0.5) is 4.39 Å². The molecule has 5 heterocycles. The van der Waals surface area contributed by atoms with Gasteiger partial charge in [0.25, 0.3) is 5.79 Å². The van der Waals surface area contributed by atoms with Gasteiger partial charge in [0.2, 0.25) is 0 Å². The van der Waals surface area contributed by atoms with Crippen LogP contribution in [0.1, 0.15) is 65.4 Å². The third-order valence-electron chi connectivity index (χ3n) is 8.83. The maximum Gasteiger partial charge on any atom is 0.392 e. The molecule has 0 radical (unpaired) electrons. The van der Waals surface area contributed by atoms with Crippen molar-refractivity contribution >= 4 is 17.6 Å². The fourth-order valence-electron chi connectivity index (χ4n) is 6.34. The van der Waals surface area contributed by atoms with Crippen molar-refractivity contribution in [3.63, 3.8) is 0 Å². The Morgan fingerprint density at radius 1 is 1.18 bits per heavy atom. The summed E-state index contributed by atoms with van der Waals surface area (Å²) in [6.45, 7) is 7.41. The molecule has 230 valence electrons. The SMILES string of the molecule is Cc1c(-c2cnc(C(=O)O)o2)nc(CN2CCC(c3cccc4c3O[C@@](C)(c3ccc(Cl)cc3F)O4)CC2)n1C[C@@H]1CCO1. The smallest absolute Gasteiger partial charge is 0.392 e. The van der Waals surface area contributed by atoms with Gasteiger partial charge < -0.3 is 28.3 Å². The third-order valence-corrected chi connectivity index (χ3v) is 9.06. The number of aromatic carboxylic acids is 1. The van der Waals surface area contributed by atoms with E-state index < -0.39 is 17.6 Å². The summed E-state index contributed by atoms with van der Waals surface area (Å²) in [6.07, 6.45) is 4.32. The van der Waals surface area contributed by atoms with Crippen molar-refractivity contribution in [2.24, 2.45) is 0 Å². The van der Waals surface area contributed by atoms with Gasteiger partial charge in [0.1, 0.15) is 17.3 Å². The standard InChI is InChI=1S/C32H32ClFN4O6/c1-18-28(26-15-35-30(42-26)31(39)40)36-27(38(18)16-21-10-13-41-21)17-37-11-8-19(9-12-37)22-4-3-5-25-29(22)44-32(2,43-25)23-7-6-20(33)14-24(23)34/h3-7,14-15,19,21H,8-13,16-17H2,1-2H3,(H,39,40)/t21-,32-/m0/s1. The predicted octanol–water partition coefficient (Wildman–Crippen LogP) is 6.15. The summed E-state index contributed by atoms with van der Waals surface area (Å²) in [5, 5.41) is 9.58. The number of aromatic nitrogens is 3. The Kier molecular flexibility index (Phi) is 7.34. The molecule has 0 bridgehead atoms. The third kappa shape index (κ3) is 5.22. The molecule has 2 atom stereocenters. The highest BCUT2D eigenvalue weighted by Gasteiger charge is 2.43. The number of rotatable bonds is 8. The summed E-state index contributed by atoms with van der Waals surface area (Å²) < 4.78 is 40.7. The van der Waals surface area contributed by atoms with Crippen molar-refractivity contribution in [1.29, 1.82) is 0 Å². The topological polar surface area (TPSA) is 112 Å². The van der Waals surface area contributed by atoms with Gasteiger partial charge >= 0.3 is 11.9 Å². The number of fused-ring (bicyclic) bond motifs is 1. The normalized spacial score (nSPS) is 21.9. The first kappa shape index (κ1) is 28.8. The molecule has 2 aromatic carbocycles. The molecule has 0 aliphatic carbocycles. The lowest BCUT2D eigenvalue weighted by molar-refractivity contribution is -0.0712. The summed E-state index contributed by atoms with van der Waals surface area (Å²) in [5.41, 5.74) is 2.82. The lowest BCUT2D eigenvalue weighted by atomic mass is 9.88. The van der Waals surface area contributed by atoms with Crippen LogP contribution in [0.3, 0.4) is 0 Å². The molecule has 3 aliphatic heterocycles. The van der Waals surface area contributed by atoms with Crippen molar-refractivity contribution in [2.45, 2.75) is 64.0 Å². The van der Waals surface area contributed by atoms with Gasteiger partial charge in [-0.3, -0.25) is 4.90 Å². The molecule has 0 amide bonds. The number of piperidine rings is 1. The van der Waals surface area contributed by atoms with Gasteiger partial charge in [-0.25, -0.2) is 19.2 Å². The first-order chi connectivity index (χ1) is 21.2. The van der Waals surface area contributed by atoms with Gasteiger partial charge in [-0.2, -0.15) is 0 Å². The number of imidazole rings is 1. The molecule has 2 aromatic heterocycles. The highest BCUT2D eigenvalue weighted by molar-refractivity contribution is 6.30. The van der Waals surface area contributed by atoms with Gasteiger partial charge in [0.15, 0.2) is 17.3 Å². The molecular formula is C32H32ClFN4O6. The molecule has 2 saturated heterocycles. The molecular weight excluding hydrogens is 591 g/mol. The molecule has 12 heteroatoms. The number of carboxylic acid groups (broad SMARTS) is 1. The van der Waals surface area contributed by atoms with E-state index in [2.05, 4.69) is 20.5 Å². The lowest BCUT2D eigenvalue weighted by Crippen LogP contribution is -2.35. The minimum Gasteiger partial charge on any atom is -0.474 e. The monoisotopic (exact) mass is 622 g/mol. The molecule has 0 saturated carbocycles. The summed E-state index contributed by atoms with van der Waals surface area (Å²) in [7, 11) is 0. The van der Waals surface area contributed by atoms with Crippen LogP contribution >= 0.6 is 11.6 Å². The van der Waals surface area contributed by atoms with Crippen molar-refractivity contribution in [3.8, 4) is 23.0 Å². The van der Waals surface area contributed by atoms with Gasteiger partial charge in [-0.15, -0.1) is 0 Å². The van der Waals surface area contributed by atoms with Gasteiger partial charge in [0.05, 0.1) is 31.0 Å². The molecule has 44 heavy (non-hydrogen) atoms. The summed E-state index contributed by atoms with van der Waals surface area (Å²) in [6, 6.07) is 10.4. The van der Waals surface area contributed by atoms with Gasteiger partial charge in [-0.05, 0) is 69.5 Å².